The van der Waals surface area contributed by atoms with Gasteiger partial charge >= 0.3 is 11.9 Å². The van der Waals surface area contributed by atoms with Crippen molar-refractivity contribution in [2.24, 2.45) is 11.1 Å². The minimum absolute atomic E-state index is 0.366. The molecule has 174 valence electrons. The van der Waals surface area contributed by atoms with E-state index in [0.717, 1.165) is 22.1 Å². The van der Waals surface area contributed by atoms with E-state index in [2.05, 4.69) is 20.3 Å². The molecule has 8 nitrogen and oxygen atoms in total. The quantitative estimate of drug-likeness (QED) is 0.158. The summed E-state index contributed by atoms with van der Waals surface area (Å²) in [4.78, 5) is 37.6. The molecule has 1 heterocycles. The Labute approximate surface area is 194 Å². The highest BCUT2D eigenvalue weighted by atomic mass is 32.1. The van der Waals surface area contributed by atoms with E-state index in [4.69, 9.17) is 10.1 Å². The lowest BCUT2D eigenvalue weighted by Gasteiger charge is -2.29. The number of carboxylic acids is 1. The van der Waals surface area contributed by atoms with E-state index in [1.807, 2.05) is 19.1 Å². The highest BCUT2D eigenvalue weighted by Crippen LogP contribution is 2.28. The number of hydrogen-bond acceptors (Lipinski definition) is 6. The summed E-state index contributed by atoms with van der Waals surface area (Å²) >= 11 is 1.26. The highest BCUT2D eigenvalue weighted by Gasteiger charge is 2.36. The molecule has 0 aliphatic rings. The summed E-state index contributed by atoms with van der Waals surface area (Å²) in [5.74, 6) is -1.44. The maximum absolute atomic E-state index is 12.6. The molecular weight excluding hydrogens is 449 g/mol. The summed E-state index contributed by atoms with van der Waals surface area (Å²) < 4.78 is 5.48. The number of hydrogen-bond donors (Lipinski definition) is 4. The molecular formula is C22H30N3O5PS. The van der Waals surface area contributed by atoms with Gasteiger partial charge in [-0.2, -0.15) is 0 Å². The van der Waals surface area contributed by atoms with Crippen LogP contribution in [0.3, 0.4) is 0 Å². The van der Waals surface area contributed by atoms with Crippen LogP contribution in [0.25, 0.3) is 0 Å². The highest BCUT2D eigenvalue weighted by molar-refractivity contribution is 7.27. The van der Waals surface area contributed by atoms with Crippen LogP contribution in [0.4, 0.5) is 0 Å². The second-order valence-electron chi connectivity index (χ2n) is 8.31. The summed E-state index contributed by atoms with van der Waals surface area (Å²) in [7, 11) is 2.55. The van der Waals surface area contributed by atoms with Crippen LogP contribution in [0.15, 0.2) is 30.3 Å². The minimum Gasteiger partial charge on any atom is -0.480 e. The molecule has 5 N–H and O–H groups in total. The summed E-state index contributed by atoms with van der Waals surface area (Å²) in [6.45, 7) is 8.32. The number of carbonyl (C=O) groups is 3. The maximum Gasteiger partial charge on any atom is 0.353 e. The lowest BCUT2D eigenvalue weighted by Crippen LogP contribution is -2.53. The van der Waals surface area contributed by atoms with Crippen LogP contribution in [-0.4, -0.2) is 34.8 Å². The zero-order valence-electron chi connectivity index (χ0n) is 18.8. The zero-order valence-corrected chi connectivity index (χ0v) is 20.8. The molecule has 1 aromatic heterocycles. The van der Waals surface area contributed by atoms with Crippen molar-refractivity contribution >= 4 is 50.1 Å². The Bertz CT molecular complexity index is 1000. The van der Waals surface area contributed by atoms with Gasteiger partial charge < -0.3 is 20.9 Å². The van der Waals surface area contributed by atoms with E-state index < -0.39 is 22.9 Å². The van der Waals surface area contributed by atoms with Gasteiger partial charge in [0, 0.05) is 15.6 Å². The Morgan fingerprint density at radius 1 is 1.22 bits per heavy atom. The van der Waals surface area contributed by atoms with Crippen LogP contribution >= 0.6 is 20.6 Å². The number of carbonyl (C=O) groups excluding carboxylic acids is 2. The number of rotatable bonds is 7. The van der Waals surface area contributed by atoms with Crippen LogP contribution in [0.5, 0.6) is 5.75 Å². The fraction of sp³-hybridized carbons (Fsp3) is 0.364. The number of aliphatic carboxylic acids is 1. The fourth-order valence-corrected chi connectivity index (χ4v) is 4.05. The van der Waals surface area contributed by atoms with Gasteiger partial charge in [-0.15, -0.1) is 20.6 Å². The molecule has 0 saturated carbocycles. The van der Waals surface area contributed by atoms with Crippen LogP contribution < -0.4 is 21.1 Å². The number of thiophene rings is 1. The lowest BCUT2D eigenvalue weighted by atomic mass is 9.86. The van der Waals surface area contributed by atoms with E-state index in [0.29, 0.717) is 17.0 Å². The number of carboxylic acid groups (broad SMARTS) is 1. The molecule has 1 amide bonds. The van der Waals surface area contributed by atoms with Gasteiger partial charge in [0.1, 0.15) is 16.2 Å². The molecule has 0 radical (unpaired) electrons. The number of ether oxygens (including phenoxy) is 1. The Morgan fingerprint density at radius 2 is 1.81 bits per heavy atom. The van der Waals surface area contributed by atoms with Crippen LogP contribution in [0.1, 0.15) is 47.8 Å². The predicted octanol–water partition coefficient (Wildman–Crippen LogP) is 2.88. The predicted molar refractivity (Wildman–Crippen MR) is 130 cm³/mol. The first-order valence-corrected chi connectivity index (χ1v) is 11.1. The molecule has 2 rings (SSSR count). The maximum atomic E-state index is 12.6. The molecule has 0 fully saturated rings. The first kappa shape index (κ1) is 27.3. The van der Waals surface area contributed by atoms with Crippen molar-refractivity contribution < 1.29 is 24.2 Å². The fourth-order valence-electron chi connectivity index (χ4n) is 2.52. The number of nitrogens with two attached hydrogens (primary N) is 1. The monoisotopic (exact) mass is 479 g/mol. The van der Waals surface area contributed by atoms with E-state index in [-0.39, 0.29) is 5.91 Å². The number of esters is 1. The average molecular weight is 480 g/mol. The molecule has 2 aromatic rings. The number of nitrogens with one attached hydrogen (secondary N) is 2. The van der Waals surface area contributed by atoms with Crippen LogP contribution in [0, 0.1) is 17.7 Å². The van der Waals surface area contributed by atoms with Crippen molar-refractivity contribution in [3.63, 3.8) is 0 Å². The minimum atomic E-state index is -1.36. The van der Waals surface area contributed by atoms with Crippen LogP contribution in [0.2, 0.25) is 0 Å². The molecule has 1 atom stereocenters. The first-order chi connectivity index (χ1) is 14.7. The molecule has 1 unspecified atom stereocenters. The molecule has 0 bridgehead atoms. The van der Waals surface area contributed by atoms with Crippen molar-refractivity contribution in [1.29, 1.82) is 5.41 Å². The molecule has 10 heteroatoms. The topological polar surface area (TPSA) is 143 Å². The van der Waals surface area contributed by atoms with Gasteiger partial charge in [-0.1, -0.05) is 25.5 Å². The largest absolute Gasteiger partial charge is 0.480 e. The van der Waals surface area contributed by atoms with Gasteiger partial charge in [-0.25, -0.2) is 9.59 Å². The standard InChI is InChI=1S/C21H26NO5PS.CH4N2/c1-12-6-8-14(15(28)10-12)27-17(23)16-9-7-13(29-16)11-20(2,3)18(24)22-21(4,5)19(25)26;2-1-3/h6-10H,11,28H2,1-5H3,(H,22,24)(H,25,26);1H,(H3,2,3). The van der Waals surface area contributed by atoms with Crippen LogP contribution in [-0.2, 0) is 16.0 Å². The molecule has 0 spiro atoms. The van der Waals surface area contributed by atoms with Crippen molar-refractivity contribution in [1.82, 2.24) is 5.32 Å². The Morgan fingerprint density at radius 3 is 2.34 bits per heavy atom. The van der Waals surface area contributed by atoms with Gasteiger partial charge in [-0.3, -0.25) is 10.2 Å². The summed E-state index contributed by atoms with van der Waals surface area (Å²) in [6.07, 6.45) is 1.12. The third-order valence-electron chi connectivity index (χ3n) is 4.42. The molecule has 0 saturated heterocycles. The van der Waals surface area contributed by atoms with Crippen molar-refractivity contribution in [2.45, 2.75) is 46.6 Å². The zero-order chi connectivity index (χ0) is 24.7. The Kier molecular flexibility index (Phi) is 9.54. The second-order valence-corrected chi connectivity index (χ2v) is 10.1. The Balaban J connectivity index is 0.00000161. The number of benzene rings is 1. The molecule has 1 aromatic carbocycles. The third kappa shape index (κ3) is 7.73. The lowest BCUT2D eigenvalue weighted by molar-refractivity contribution is -0.147. The Hall–Kier alpha value is -2.77. The van der Waals surface area contributed by atoms with Gasteiger partial charge in [0.25, 0.3) is 0 Å². The summed E-state index contributed by atoms with van der Waals surface area (Å²) in [5.41, 5.74) is 3.26. The molecule has 32 heavy (non-hydrogen) atoms. The molecule has 0 aliphatic heterocycles. The van der Waals surface area contributed by atoms with Crippen molar-refractivity contribution in [3.05, 3.63) is 45.6 Å². The van der Waals surface area contributed by atoms with Gasteiger partial charge in [0.15, 0.2) is 0 Å². The van der Waals surface area contributed by atoms with E-state index >= 15 is 0 Å². The van der Waals surface area contributed by atoms with Gasteiger partial charge in [-0.05, 0) is 51.5 Å². The van der Waals surface area contributed by atoms with E-state index in [1.54, 1.807) is 32.0 Å². The first-order valence-electron chi connectivity index (χ1n) is 9.67. The summed E-state index contributed by atoms with van der Waals surface area (Å²) in [6, 6.07) is 8.99. The normalized spacial score (nSPS) is 11.1. The van der Waals surface area contributed by atoms with Gasteiger partial charge in [0.05, 0.1) is 6.34 Å². The number of aryl methyl sites for hydroxylation is 1. The average Bonchev–Trinajstić information content (AvgIpc) is 3.12. The van der Waals surface area contributed by atoms with Crippen molar-refractivity contribution in [2.75, 3.05) is 0 Å². The summed E-state index contributed by atoms with van der Waals surface area (Å²) in [5, 5.41) is 18.4. The van der Waals surface area contributed by atoms with E-state index in [1.165, 1.54) is 25.2 Å². The van der Waals surface area contributed by atoms with E-state index in [9.17, 15) is 19.5 Å². The molecule has 0 aliphatic carbocycles. The second kappa shape index (κ2) is 11.2. The van der Waals surface area contributed by atoms with Crippen molar-refractivity contribution in [3.8, 4) is 5.75 Å². The van der Waals surface area contributed by atoms with Gasteiger partial charge in [0.2, 0.25) is 5.91 Å². The number of amides is 1. The SMILES string of the molecule is Cc1ccc(OC(=O)c2ccc(CC(C)(C)C(=O)NC(C)(C)C(=O)O)s2)c(P)c1.N=CN. The third-order valence-corrected chi connectivity index (χ3v) is 5.94. The smallest absolute Gasteiger partial charge is 0.353 e.